The molecule has 0 unspecified atom stereocenters. The maximum absolute atomic E-state index is 13.7. The Hall–Kier alpha value is -4.66. The number of hydrogen-bond acceptors (Lipinski definition) is 6. The molecule has 5 aromatic rings. The summed E-state index contributed by atoms with van der Waals surface area (Å²) in [5, 5.41) is 2.72. The SMILES string of the molecule is COc1ccc(CCn2c(N)c(C(=O)Nc3cccc(F)c3)c3nc4ccccc4nc32)cc1OC. The molecule has 9 heteroatoms. The van der Waals surface area contributed by atoms with Crippen LogP contribution in [0.25, 0.3) is 22.2 Å². The molecule has 0 aliphatic rings. The van der Waals surface area contributed by atoms with Gasteiger partial charge in [0.15, 0.2) is 17.1 Å². The van der Waals surface area contributed by atoms with Crippen molar-refractivity contribution in [3.05, 3.63) is 83.7 Å². The minimum atomic E-state index is -0.488. The molecule has 0 bridgehead atoms. The highest BCUT2D eigenvalue weighted by Gasteiger charge is 2.24. The third kappa shape index (κ3) is 4.26. The molecule has 182 valence electrons. The normalized spacial score (nSPS) is 11.1. The summed E-state index contributed by atoms with van der Waals surface area (Å²) in [5.41, 5.74) is 10.2. The molecule has 5 rings (SSSR count). The minimum absolute atomic E-state index is 0.194. The summed E-state index contributed by atoms with van der Waals surface area (Å²) in [6.45, 7) is 0.443. The number of nitrogen functional groups attached to an aromatic ring is 1. The van der Waals surface area contributed by atoms with Gasteiger partial charge in [0.05, 0.1) is 25.3 Å². The van der Waals surface area contributed by atoms with Gasteiger partial charge in [0.2, 0.25) is 0 Å². The third-order valence-electron chi connectivity index (χ3n) is 5.97. The molecule has 0 atom stereocenters. The van der Waals surface area contributed by atoms with Crippen molar-refractivity contribution in [2.75, 3.05) is 25.3 Å². The van der Waals surface area contributed by atoms with Crippen LogP contribution >= 0.6 is 0 Å². The van der Waals surface area contributed by atoms with Crippen molar-refractivity contribution >= 4 is 39.6 Å². The summed E-state index contributed by atoms with van der Waals surface area (Å²) in [7, 11) is 3.17. The lowest BCUT2D eigenvalue weighted by Crippen LogP contribution is -2.15. The zero-order chi connectivity index (χ0) is 25.2. The van der Waals surface area contributed by atoms with E-state index in [4.69, 9.17) is 25.2 Å². The molecule has 0 radical (unpaired) electrons. The number of amides is 1. The fourth-order valence-electron chi connectivity index (χ4n) is 4.20. The molecule has 0 saturated heterocycles. The number of anilines is 2. The Morgan fingerprint density at radius 3 is 2.44 bits per heavy atom. The summed E-state index contributed by atoms with van der Waals surface area (Å²) in [6.07, 6.45) is 0.591. The number of hydrogen-bond donors (Lipinski definition) is 2. The highest BCUT2D eigenvalue weighted by molar-refractivity contribution is 6.16. The van der Waals surface area contributed by atoms with Gasteiger partial charge in [-0.3, -0.25) is 4.79 Å². The second-order valence-electron chi connectivity index (χ2n) is 8.20. The maximum atomic E-state index is 13.7. The standard InChI is InChI=1S/C27H24FN5O3/c1-35-21-11-10-16(14-22(21)36-2)12-13-33-25(29)23(27(34)30-18-7-5-6-17(28)15-18)24-26(33)32-20-9-4-3-8-19(20)31-24/h3-11,14-15H,12-13,29H2,1-2H3,(H,30,34). The van der Waals surface area contributed by atoms with Crippen LogP contribution < -0.4 is 20.5 Å². The summed E-state index contributed by atoms with van der Waals surface area (Å²) >= 11 is 0. The molecular formula is C27H24FN5O3. The van der Waals surface area contributed by atoms with Crippen molar-refractivity contribution in [2.45, 2.75) is 13.0 Å². The maximum Gasteiger partial charge on any atom is 0.261 e. The predicted molar refractivity (Wildman–Crippen MR) is 137 cm³/mol. The Morgan fingerprint density at radius 1 is 0.972 bits per heavy atom. The molecule has 2 heterocycles. The van der Waals surface area contributed by atoms with E-state index in [-0.39, 0.29) is 11.4 Å². The monoisotopic (exact) mass is 485 g/mol. The number of nitrogens with two attached hydrogens (primary N) is 1. The van der Waals surface area contributed by atoms with E-state index in [0.29, 0.717) is 52.3 Å². The van der Waals surface area contributed by atoms with E-state index < -0.39 is 11.7 Å². The molecular weight excluding hydrogens is 461 g/mol. The second-order valence-corrected chi connectivity index (χ2v) is 8.20. The van der Waals surface area contributed by atoms with Crippen LogP contribution in [0.1, 0.15) is 15.9 Å². The van der Waals surface area contributed by atoms with E-state index >= 15 is 0 Å². The summed E-state index contributed by atoms with van der Waals surface area (Å²) in [5.74, 6) is 0.554. The number of rotatable bonds is 7. The van der Waals surface area contributed by atoms with Gasteiger partial charge >= 0.3 is 0 Å². The lowest BCUT2D eigenvalue weighted by Gasteiger charge is -2.11. The van der Waals surface area contributed by atoms with E-state index in [9.17, 15) is 9.18 Å². The summed E-state index contributed by atoms with van der Waals surface area (Å²) in [6, 6.07) is 18.8. The first kappa shape index (κ1) is 23.1. The van der Waals surface area contributed by atoms with Crippen molar-refractivity contribution in [1.82, 2.24) is 14.5 Å². The number of nitrogens with zero attached hydrogens (tertiary/aromatic N) is 3. The van der Waals surface area contributed by atoms with E-state index in [1.807, 2.05) is 42.5 Å². The van der Waals surface area contributed by atoms with Gasteiger partial charge in [0, 0.05) is 12.2 Å². The van der Waals surface area contributed by atoms with Gasteiger partial charge in [-0.25, -0.2) is 14.4 Å². The number of aromatic nitrogens is 3. The van der Waals surface area contributed by atoms with Crippen LogP contribution in [0.5, 0.6) is 11.5 Å². The Balaban J connectivity index is 1.57. The Morgan fingerprint density at radius 2 is 1.72 bits per heavy atom. The zero-order valence-electron chi connectivity index (χ0n) is 19.8. The van der Waals surface area contributed by atoms with Crippen LogP contribution in [-0.2, 0) is 13.0 Å². The summed E-state index contributed by atoms with van der Waals surface area (Å²) in [4.78, 5) is 22.8. The Kier molecular flexibility index (Phi) is 6.12. The van der Waals surface area contributed by atoms with Crippen LogP contribution in [0.4, 0.5) is 15.9 Å². The molecule has 0 aliphatic carbocycles. The average molecular weight is 486 g/mol. The predicted octanol–water partition coefficient (Wildman–Crippen LogP) is 4.82. The number of methoxy groups -OCH3 is 2. The van der Waals surface area contributed by atoms with E-state index in [0.717, 1.165) is 5.56 Å². The van der Waals surface area contributed by atoms with Crippen molar-refractivity contribution in [3.8, 4) is 11.5 Å². The van der Waals surface area contributed by atoms with Gasteiger partial charge in [-0.15, -0.1) is 0 Å². The highest BCUT2D eigenvalue weighted by Crippen LogP contribution is 2.31. The van der Waals surface area contributed by atoms with E-state index in [1.54, 1.807) is 24.9 Å². The smallest absolute Gasteiger partial charge is 0.261 e. The first-order valence-corrected chi connectivity index (χ1v) is 11.3. The lowest BCUT2D eigenvalue weighted by atomic mass is 10.1. The molecule has 0 aliphatic heterocycles. The first-order chi connectivity index (χ1) is 17.5. The number of aryl methyl sites for hydroxylation is 2. The van der Waals surface area contributed by atoms with E-state index in [1.165, 1.54) is 18.2 Å². The second kappa shape index (κ2) is 9.53. The number of ether oxygens (including phenoxy) is 2. The van der Waals surface area contributed by atoms with Crippen LogP contribution in [0, 0.1) is 5.82 Å². The van der Waals surface area contributed by atoms with Gasteiger partial charge < -0.3 is 25.1 Å². The number of carbonyl (C=O) groups excluding carboxylic acids is 1. The van der Waals surface area contributed by atoms with Gasteiger partial charge in [0.25, 0.3) is 5.91 Å². The minimum Gasteiger partial charge on any atom is -0.493 e. The van der Waals surface area contributed by atoms with Gasteiger partial charge in [-0.2, -0.15) is 0 Å². The number of fused-ring (bicyclic) bond motifs is 2. The molecule has 0 saturated carbocycles. The van der Waals surface area contributed by atoms with Crippen LogP contribution in [0.2, 0.25) is 0 Å². The lowest BCUT2D eigenvalue weighted by molar-refractivity contribution is 0.102. The fraction of sp³-hybridized carbons (Fsp3) is 0.148. The molecule has 2 aromatic heterocycles. The Labute approximate surface area is 206 Å². The zero-order valence-corrected chi connectivity index (χ0v) is 19.8. The van der Waals surface area contributed by atoms with Crippen molar-refractivity contribution in [3.63, 3.8) is 0 Å². The van der Waals surface area contributed by atoms with Crippen LogP contribution in [0.15, 0.2) is 66.7 Å². The topological polar surface area (TPSA) is 104 Å². The van der Waals surface area contributed by atoms with Crippen LogP contribution in [0.3, 0.4) is 0 Å². The molecule has 3 aromatic carbocycles. The molecule has 36 heavy (non-hydrogen) atoms. The number of halogens is 1. The number of benzene rings is 3. The van der Waals surface area contributed by atoms with Gasteiger partial charge in [0.1, 0.15) is 22.7 Å². The quantitative estimate of drug-likeness (QED) is 0.343. The van der Waals surface area contributed by atoms with Crippen molar-refractivity contribution < 1.29 is 18.7 Å². The molecule has 0 spiro atoms. The van der Waals surface area contributed by atoms with Gasteiger partial charge in [-0.05, 0) is 54.4 Å². The van der Waals surface area contributed by atoms with Crippen molar-refractivity contribution in [1.29, 1.82) is 0 Å². The first-order valence-electron chi connectivity index (χ1n) is 11.3. The number of nitrogens with one attached hydrogen (secondary N) is 1. The molecule has 8 nitrogen and oxygen atoms in total. The van der Waals surface area contributed by atoms with Crippen molar-refractivity contribution in [2.24, 2.45) is 0 Å². The van der Waals surface area contributed by atoms with Crippen LogP contribution in [-0.4, -0.2) is 34.7 Å². The average Bonchev–Trinajstić information content (AvgIpc) is 3.15. The molecule has 0 fully saturated rings. The number of carbonyl (C=O) groups is 1. The fourth-order valence-corrected chi connectivity index (χ4v) is 4.20. The Bertz CT molecular complexity index is 1600. The summed E-state index contributed by atoms with van der Waals surface area (Å²) < 4.78 is 26.2. The highest BCUT2D eigenvalue weighted by atomic mass is 19.1. The largest absolute Gasteiger partial charge is 0.493 e. The van der Waals surface area contributed by atoms with E-state index in [2.05, 4.69) is 5.32 Å². The molecule has 1 amide bonds. The number of para-hydroxylation sites is 2. The third-order valence-corrected chi connectivity index (χ3v) is 5.97. The van der Waals surface area contributed by atoms with Gasteiger partial charge in [-0.1, -0.05) is 24.3 Å². The molecule has 3 N–H and O–H groups in total.